The minimum Gasteiger partial charge on any atom is -0.481 e. The van der Waals surface area contributed by atoms with Crippen molar-refractivity contribution >= 4 is 23.4 Å². The summed E-state index contributed by atoms with van der Waals surface area (Å²) in [5, 5.41) is 15.3. The summed E-state index contributed by atoms with van der Waals surface area (Å²) in [6.07, 6.45) is 1.12. The van der Waals surface area contributed by atoms with E-state index in [1.165, 1.54) is 0 Å². The molecule has 0 aliphatic carbocycles. The zero-order valence-electron chi connectivity index (χ0n) is 9.77. The molecule has 0 spiro atoms. The van der Waals surface area contributed by atoms with E-state index in [0.29, 0.717) is 23.4 Å². The van der Waals surface area contributed by atoms with Crippen molar-refractivity contribution in [2.24, 2.45) is 5.92 Å². The Bertz CT molecular complexity index is 405. The highest BCUT2D eigenvalue weighted by atomic mass is 32.1. The normalized spacial score (nSPS) is 12.1. The van der Waals surface area contributed by atoms with Crippen molar-refractivity contribution in [2.45, 2.75) is 26.7 Å². The van der Waals surface area contributed by atoms with E-state index in [9.17, 15) is 9.59 Å². The van der Waals surface area contributed by atoms with Crippen molar-refractivity contribution in [3.05, 3.63) is 10.6 Å². The first-order chi connectivity index (χ1) is 8.10. The van der Waals surface area contributed by atoms with Crippen LogP contribution in [0.3, 0.4) is 0 Å². The Balaban J connectivity index is 2.58. The summed E-state index contributed by atoms with van der Waals surface area (Å²) in [5.74, 6) is -1.74. The number of amides is 1. The Labute approximate surface area is 103 Å². The number of carboxylic acids is 1. The van der Waals surface area contributed by atoms with E-state index in [1.54, 1.807) is 6.92 Å². The molecule has 0 bridgehead atoms. The number of nitrogens with zero attached hydrogens (tertiary/aromatic N) is 2. The van der Waals surface area contributed by atoms with Crippen LogP contribution < -0.4 is 5.32 Å². The molecule has 1 rings (SSSR count). The van der Waals surface area contributed by atoms with E-state index in [2.05, 4.69) is 14.9 Å². The first kappa shape index (κ1) is 13.6. The Hall–Kier alpha value is -1.50. The average Bonchev–Trinajstić information content (AvgIpc) is 2.77. The number of rotatable bonds is 6. The zero-order chi connectivity index (χ0) is 12.8. The van der Waals surface area contributed by atoms with Crippen LogP contribution in [-0.4, -0.2) is 33.1 Å². The summed E-state index contributed by atoms with van der Waals surface area (Å²) in [4.78, 5) is 23.0. The van der Waals surface area contributed by atoms with Gasteiger partial charge >= 0.3 is 5.97 Å². The van der Waals surface area contributed by atoms with Crippen LogP contribution in [-0.2, 0) is 11.2 Å². The molecule has 0 aliphatic heterocycles. The molecular formula is C10H15N3O3S. The monoisotopic (exact) mass is 257 g/mol. The fraction of sp³-hybridized carbons (Fsp3) is 0.600. The number of nitrogens with one attached hydrogen (secondary N) is 1. The number of carbonyl (C=O) groups is 2. The number of aryl methyl sites for hydroxylation is 1. The van der Waals surface area contributed by atoms with Crippen LogP contribution in [0.1, 0.15) is 35.6 Å². The predicted octanol–water partition coefficient (Wildman–Crippen LogP) is 0.941. The summed E-state index contributed by atoms with van der Waals surface area (Å²) in [6, 6.07) is 0. The van der Waals surface area contributed by atoms with E-state index < -0.39 is 11.9 Å². The molecule has 1 amide bonds. The summed E-state index contributed by atoms with van der Waals surface area (Å²) in [6.45, 7) is 3.79. The number of aliphatic carboxylic acids is 1. The van der Waals surface area contributed by atoms with Crippen LogP contribution in [0.4, 0.5) is 0 Å². The lowest BCUT2D eigenvalue weighted by molar-refractivity contribution is -0.141. The molecule has 0 saturated heterocycles. The van der Waals surface area contributed by atoms with E-state index in [4.69, 9.17) is 5.11 Å². The highest BCUT2D eigenvalue weighted by Crippen LogP contribution is 2.11. The second-order valence-electron chi connectivity index (χ2n) is 3.56. The van der Waals surface area contributed by atoms with Crippen LogP contribution in [0.2, 0.25) is 0 Å². The van der Waals surface area contributed by atoms with Gasteiger partial charge in [0.2, 0.25) is 0 Å². The maximum atomic E-state index is 11.8. The Morgan fingerprint density at radius 2 is 2.18 bits per heavy atom. The van der Waals surface area contributed by atoms with Crippen LogP contribution in [0.15, 0.2) is 0 Å². The summed E-state index contributed by atoms with van der Waals surface area (Å²) in [5.41, 5.74) is 0.649. The predicted molar refractivity (Wildman–Crippen MR) is 63.0 cm³/mol. The van der Waals surface area contributed by atoms with Crippen LogP contribution in [0, 0.1) is 5.92 Å². The largest absolute Gasteiger partial charge is 0.481 e. The van der Waals surface area contributed by atoms with Gasteiger partial charge in [0.15, 0.2) is 0 Å². The molecule has 1 unspecified atom stereocenters. The molecule has 0 saturated carbocycles. The first-order valence-electron chi connectivity index (χ1n) is 5.42. The van der Waals surface area contributed by atoms with Crippen molar-refractivity contribution in [3.8, 4) is 0 Å². The summed E-state index contributed by atoms with van der Waals surface area (Å²) >= 11 is 1.03. The molecule has 1 aromatic rings. The lowest BCUT2D eigenvalue weighted by Crippen LogP contribution is -2.32. The molecule has 0 fully saturated rings. The third kappa shape index (κ3) is 3.48. The van der Waals surface area contributed by atoms with Gasteiger partial charge < -0.3 is 10.4 Å². The van der Waals surface area contributed by atoms with E-state index in [-0.39, 0.29) is 12.5 Å². The average molecular weight is 257 g/mol. The number of carbonyl (C=O) groups excluding carboxylic acids is 1. The molecule has 17 heavy (non-hydrogen) atoms. The Morgan fingerprint density at radius 3 is 2.71 bits per heavy atom. The lowest BCUT2D eigenvalue weighted by Gasteiger charge is -2.10. The smallest absolute Gasteiger partial charge is 0.308 e. The summed E-state index contributed by atoms with van der Waals surface area (Å²) in [7, 11) is 0. The quantitative estimate of drug-likeness (QED) is 0.791. The van der Waals surface area contributed by atoms with Gasteiger partial charge in [-0.2, -0.15) is 0 Å². The van der Waals surface area contributed by atoms with E-state index >= 15 is 0 Å². The van der Waals surface area contributed by atoms with E-state index in [1.807, 2.05) is 6.92 Å². The second-order valence-corrected chi connectivity index (χ2v) is 4.31. The Kier molecular flexibility index (Phi) is 5.02. The van der Waals surface area contributed by atoms with Crippen LogP contribution in [0.5, 0.6) is 0 Å². The van der Waals surface area contributed by atoms with Crippen molar-refractivity contribution < 1.29 is 14.7 Å². The fourth-order valence-corrected chi connectivity index (χ4v) is 1.98. The molecular weight excluding hydrogens is 242 g/mol. The van der Waals surface area contributed by atoms with Gasteiger partial charge in [0.1, 0.15) is 4.88 Å². The number of hydrogen-bond donors (Lipinski definition) is 2. The van der Waals surface area contributed by atoms with Gasteiger partial charge in [-0.25, -0.2) is 0 Å². The highest BCUT2D eigenvalue weighted by Gasteiger charge is 2.19. The molecule has 6 nitrogen and oxygen atoms in total. The number of carboxylic acid groups (broad SMARTS) is 1. The maximum absolute atomic E-state index is 11.8. The molecule has 1 heterocycles. The van der Waals surface area contributed by atoms with Crippen LogP contribution >= 0.6 is 11.5 Å². The molecule has 1 atom stereocenters. The van der Waals surface area contributed by atoms with Gasteiger partial charge in [-0.15, -0.1) is 5.10 Å². The fourth-order valence-electron chi connectivity index (χ4n) is 1.31. The van der Waals surface area contributed by atoms with Crippen LogP contribution in [0.25, 0.3) is 0 Å². The minimum absolute atomic E-state index is 0.131. The van der Waals surface area contributed by atoms with Crippen molar-refractivity contribution in [3.63, 3.8) is 0 Å². The Morgan fingerprint density at radius 1 is 1.47 bits per heavy atom. The molecule has 0 aromatic carbocycles. The lowest BCUT2D eigenvalue weighted by atomic mass is 10.1. The van der Waals surface area contributed by atoms with Gasteiger partial charge in [0.05, 0.1) is 11.6 Å². The number of hydrogen-bond acceptors (Lipinski definition) is 5. The van der Waals surface area contributed by atoms with E-state index in [0.717, 1.165) is 11.5 Å². The van der Waals surface area contributed by atoms with Crippen molar-refractivity contribution in [2.75, 3.05) is 6.54 Å². The second kappa shape index (κ2) is 6.29. The third-order valence-electron chi connectivity index (χ3n) is 2.45. The van der Waals surface area contributed by atoms with Gasteiger partial charge in [-0.3, -0.25) is 9.59 Å². The zero-order valence-corrected chi connectivity index (χ0v) is 10.6. The number of aromatic nitrogens is 2. The van der Waals surface area contributed by atoms with Crippen molar-refractivity contribution in [1.82, 2.24) is 14.9 Å². The van der Waals surface area contributed by atoms with Gasteiger partial charge in [-0.05, 0) is 24.4 Å². The molecule has 7 heteroatoms. The molecule has 0 radical (unpaired) electrons. The summed E-state index contributed by atoms with van der Waals surface area (Å²) < 4.78 is 3.71. The third-order valence-corrected chi connectivity index (χ3v) is 3.21. The molecule has 94 valence electrons. The van der Waals surface area contributed by atoms with Gasteiger partial charge in [0, 0.05) is 6.54 Å². The van der Waals surface area contributed by atoms with Gasteiger partial charge in [-0.1, -0.05) is 18.3 Å². The van der Waals surface area contributed by atoms with Crippen molar-refractivity contribution in [1.29, 1.82) is 0 Å². The molecule has 0 aliphatic rings. The minimum atomic E-state index is -0.897. The SMILES string of the molecule is CCc1nnsc1C(=O)NCC(CC)C(=O)O. The maximum Gasteiger partial charge on any atom is 0.308 e. The molecule has 2 N–H and O–H groups in total. The highest BCUT2D eigenvalue weighted by molar-refractivity contribution is 7.08. The van der Waals surface area contributed by atoms with Gasteiger partial charge in [0.25, 0.3) is 5.91 Å². The first-order valence-corrected chi connectivity index (χ1v) is 6.19. The standard InChI is InChI=1S/C10H15N3O3S/c1-3-6(10(15)16)5-11-9(14)8-7(4-2)12-13-17-8/h6H,3-5H2,1-2H3,(H,11,14)(H,15,16). The topological polar surface area (TPSA) is 92.2 Å². The molecule has 1 aromatic heterocycles.